The number of likely N-dealkylation sites (tertiary alicyclic amines) is 1. The van der Waals surface area contributed by atoms with Gasteiger partial charge >= 0.3 is 6.09 Å². The van der Waals surface area contributed by atoms with Crippen LogP contribution < -0.4 is 10.1 Å². The van der Waals surface area contributed by atoms with Crippen LogP contribution in [0.2, 0.25) is 0 Å². The maximum Gasteiger partial charge on any atom is 0.408 e. The number of amides is 1. The van der Waals surface area contributed by atoms with Gasteiger partial charge in [0.25, 0.3) is 0 Å². The average molecular weight is 345 g/mol. The third kappa shape index (κ3) is 7.02. The van der Waals surface area contributed by atoms with E-state index < -0.39 is 11.7 Å². The Bertz CT molecular complexity index is 643. The Hall–Kier alpha value is -2.26. The van der Waals surface area contributed by atoms with Crippen LogP contribution in [0.15, 0.2) is 18.5 Å². The lowest BCUT2D eigenvalue weighted by Crippen LogP contribution is -2.32. The standard InChI is InChI=1S/C19H27N3O3/c1-19(2,3)25-18(23)21-9-5-7-15-11-17(13-20-12-15)24-14-16-8-6-10-22(16)4/h11-13,16H,6,8-10,14H2,1-4H3,(H,21,23)/t16-/m0/s1. The molecule has 0 radical (unpaired) electrons. The summed E-state index contributed by atoms with van der Waals surface area (Å²) < 4.78 is 11.0. The van der Waals surface area contributed by atoms with Crippen LogP contribution >= 0.6 is 0 Å². The zero-order valence-electron chi connectivity index (χ0n) is 15.5. The smallest absolute Gasteiger partial charge is 0.408 e. The molecule has 6 nitrogen and oxygen atoms in total. The highest BCUT2D eigenvalue weighted by Crippen LogP contribution is 2.17. The molecule has 1 saturated heterocycles. The zero-order valence-corrected chi connectivity index (χ0v) is 15.5. The lowest BCUT2D eigenvalue weighted by Gasteiger charge is -2.19. The number of alkyl carbamates (subject to hydrolysis) is 1. The number of hydrogen-bond donors (Lipinski definition) is 1. The lowest BCUT2D eigenvalue weighted by atomic mass is 10.2. The monoisotopic (exact) mass is 345 g/mol. The molecule has 0 spiro atoms. The van der Waals surface area contributed by atoms with Crippen LogP contribution in [0.25, 0.3) is 0 Å². The molecule has 1 aromatic rings. The molecule has 2 rings (SSSR count). The van der Waals surface area contributed by atoms with E-state index in [1.54, 1.807) is 12.4 Å². The number of aromatic nitrogens is 1. The molecule has 0 aliphatic carbocycles. The van der Waals surface area contributed by atoms with Gasteiger partial charge in [-0.3, -0.25) is 4.98 Å². The van der Waals surface area contributed by atoms with Crippen molar-refractivity contribution < 1.29 is 14.3 Å². The van der Waals surface area contributed by atoms with E-state index >= 15 is 0 Å². The van der Waals surface area contributed by atoms with Gasteiger partial charge < -0.3 is 19.7 Å². The van der Waals surface area contributed by atoms with Gasteiger partial charge in [0, 0.05) is 17.8 Å². The van der Waals surface area contributed by atoms with Gasteiger partial charge in [-0.15, -0.1) is 0 Å². The van der Waals surface area contributed by atoms with Gasteiger partial charge in [0.15, 0.2) is 0 Å². The molecule has 1 aliphatic rings. The third-order valence-electron chi connectivity index (χ3n) is 3.78. The molecule has 0 bridgehead atoms. The molecule has 0 aromatic carbocycles. The first-order chi connectivity index (χ1) is 11.8. The number of nitrogens with one attached hydrogen (secondary N) is 1. The Morgan fingerprint density at radius 2 is 2.24 bits per heavy atom. The Labute approximate surface area is 149 Å². The van der Waals surface area contributed by atoms with Crippen LogP contribution in [0, 0.1) is 11.8 Å². The zero-order chi connectivity index (χ0) is 18.3. The van der Waals surface area contributed by atoms with Gasteiger partial charge in [0.05, 0.1) is 12.7 Å². The number of ether oxygens (including phenoxy) is 2. The Balaban J connectivity index is 1.80. The predicted octanol–water partition coefficient (Wildman–Crippen LogP) is 2.43. The first kappa shape index (κ1) is 19.1. The summed E-state index contributed by atoms with van der Waals surface area (Å²) in [6.07, 6.45) is 5.28. The van der Waals surface area contributed by atoms with E-state index in [0.717, 1.165) is 12.1 Å². The van der Waals surface area contributed by atoms with E-state index in [2.05, 4.69) is 34.1 Å². The van der Waals surface area contributed by atoms with Crippen LogP contribution in [0.1, 0.15) is 39.2 Å². The fraction of sp³-hybridized carbons (Fsp3) is 0.579. The molecule has 0 unspecified atom stereocenters. The summed E-state index contributed by atoms with van der Waals surface area (Å²) in [5.74, 6) is 6.57. The van der Waals surface area contributed by atoms with Gasteiger partial charge in [-0.1, -0.05) is 11.8 Å². The quantitative estimate of drug-likeness (QED) is 0.849. The molecular formula is C19H27N3O3. The molecule has 1 aromatic heterocycles. The Morgan fingerprint density at radius 1 is 1.44 bits per heavy atom. The number of rotatable bonds is 4. The fourth-order valence-electron chi connectivity index (χ4n) is 2.53. The highest BCUT2D eigenvalue weighted by atomic mass is 16.6. The van der Waals surface area contributed by atoms with E-state index in [0.29, 0.717) is 18.4 Å². The number of nitrogens with zero attached hydrogens (tertiary/aromatic N) is 2. The molecule has 1 fully saturated rings. The second-order valence-corrected chi connectivity index (χ2v) is 7.15. The minimum Gasteiger partial charge on any atom is -0.490 e. The minimum absolute atomic E-state index is 0.215. The van der Waals surface area contributed by atoms with Crippen LogP contribution in [-0.2, 0) is 4.74 Å². The van der Waals surface area contributed by atoms with Crippen molar-refractivity contribution >= 4 is 6.09 Å². The van der Waals surface area contributed by atoms with Gasteiger partial charge in [0.2, 0.25) is 0 Å². The maximum atomic E-state index is 11.5. The van der Waals surface area contributed by atoms with Crippen molar-refractivity contribution in [1.82, 2.24) is 15.2 Å². The molecule has 0 saturated carbocycles. The van der Waals surface area contributed by atoms with E-state index in [9.17, 15) is 4.79 Å². The van der Waals surface area contributed by atoms with E-state index in [1.165, 1.54) is 12.8 Å². The molecule has 25 heavy (non-hydrogen) atoms. The summed E-state index contributed by atoms with van der Waals surface area (Å²) in [4.78, 5) is 18.0. The predicted molar refractivity (Wildman–Crippen MR) is 96.5 cm³/mol. The summed E-state index contributed by atoms with van der Waals surface area (Å²) in [6, 6.07) is 2.33. The first-order valence-corrected chi connectivity index (χ1v) is 8.57. The number of carbonyl (C=O) groups excluding carboxylic acids is 1. The summed E-state index contributed by atoms with van der Waals surface area (Å²) in [7, 11) is 2.12. The van der Waals surface area contributed by atoms with Gasteiger partial charge in [-0.05, 0) is 53.3 Å². The van der Waals surface area contributed by atoms with Gasteiger partial charge in [0.1, 0.15) is 18.0 Å². The van der Waals surface area contributed by atoms with Crippen molar-refractivity contribution in [3.63, 3.8) is 0 Å². The fourth-order valence-corrected chi connectivity index (χ4v) is 2.53. The second kappa shape index (κ2) is 8.72. The van der Waals surface area contributed by atoms with Crippen molar-refractivity contribution in [3.8, 4) is 17.6 Å². The first-order valence-electron chi connectivity index (χ1n) is 8.57. The van der Waals surface area contributed by atoms with E-state index in [1.807, 2.05) is 26.8 Å². The van der Waals surface area contributed by atoms with Crippen LogP contribution in [0.3, 0.4) is 0 Å². The third-order valence-corrected chi connectivity index (χ3v) is 3.78. The topological polar surface area (TPSA) is 63.7 Å². The van der Waals surface area contributed by atoms with Crippen molar-refractivity contribution in [3.05, 3.63) is 24.0 Å². The molecule has 1 aliphatic heterocycles. The van der Waals surface area contributed by atoms with Crippen LogP contribution in [0.5, 0.6) is 5.75 Å². The molecule has 1 N–H and O–H groups in total. The summed E-state index contributed by atoms with van der Waals surface area (Å²) in [6.45, 7) is 7.46. The second-order valence-electron chi connectivity index (χ2n) is 7.15. The largest absolute Gasteiger partial charge is 0.490 e. The number of pyridine rings is 1. The number of carbonyl (C=O) groups is 1. The van der Waals surface area contributed by atoms with Gasteiger partial charge in [-0.2, -0.15) is 0 Å². The number of likely N-dealkylation sites (N-methyl/N-ethyl adjacent to an activating group) is 1. The maximum absolute atomic E-state index is 11.5. The van der Waals surface area contributed by atoms with Crippen LogP contribution in [-0.4, -0.2) is 54.4 Å². The van der Waals surface area contributed by atoms with Crippen molar-refractivity contribution in [2.45, 2.75) is 45.3 Å². The van der Waals surface area contributed by atoms with Crippen molar-refractivity contribution in [1.29, 1.82) is 0 Å². The normalized spacial score (nSPS) is 17.5. The summed E-state index contributed by atoms with van der Waals surface area (Å²) >= 11 is 0. The molecule has 1 atom stereocenters. The van der Waals surface area contributed by atoms with E-state index in [-0.39, 0.29) is 6.54 Å². The molecule has 2 heterocycles. The molecular weight excluding hydrogens is 318 g/mol. The molecule has 6 heteroatoms. The van der Waals surface area contributed by atoms with Crippen LogP contribution in [0.4, 0.5) is 4.79 Å². The Kier molecular flexibility index (Phi) is 6.65. The highest BCUT2D eigenvalue weighted by Gasteiger charge is 2.21. The van der Waals surface area contributed by atoms with E-state index in [4.69, 9.17) is 9.47 Å². The summed E-state index contributed by atoms with van der Waals surface area (Å²) in [5, 5.41) is 2.60. The SMILES string of the molecule is CN1CCC[C@H]1COc1cncc(C#CCNC(=O)OC(C)(C)C)c1. The number of hydrogen-bond acceptors (Lipinski definition) is 5. The van der Waals surface area contributed by atoms with Crippen molar-refractivity contribution in [2.75, 3.05) is 26.7 Å². The summed E-state index contributed by atoms with van der Waals surface area (Å²) in [5.41, 5.74) is 0.240. The average Bonchev–Trinajstić information content (AvgIpc) is 2.93. The minimum atomic E-state index is -0.513. The lowest BCUT2D eigenvalue weighted by molar-refractivity contribution is 0.0535. The molecule has 1 amide bonds. The van der Waals surface area contributed by atoms with Crippen molar-refractivity contribution in [2.24, 2.45) is 0 Å². The highest BCUT2D eigenvalue weighted by molar-refractivity contribution is 5.68. The van der Waals surface area contributed by atoms with Gasteiger partial charge in [-0.25, -0.2) is 4.79 Å². The molecule has 136 valence electrons. The Morgan fingerprint density at radius 3 is 2.92 bits per heavy atom.